The van der Waals surface area contributed by atoms with Gasteiger partial charge in [0.1, 0.15) is 5.15 Å². The molecule has 1 aliphatic heterocycles. The molecule has 1 fully saturated rings. The van der Waals surface area contributed by atoms with Crippen LogP contribution in [0.1, 0.15) is 23.2 Å². The third-order valence-electron chi connectivity index (χ3n) is 3.55. The molecule has 104 valence electrons. The number of carbonyl (C=O) groups excluding carboxylic acids is 1. The molecule has 0 aromatic carbocycles. The zero-order chi connectivity index (χ0) is 14.0. The lowest BCUT2D eigenvalue weighted by Crippen LogP contribution is -2.47. The molecular weight excluding hydrogens is 264 g/mol. The summed E-state index contributed by atoms with van der Waals surface area (Å²) in [5.74, 6) is -0.0617. The number of nitrogens with zero attached hydrogens (tertiary/aromatic N) is 3. The maximum absolute atomic E-state index is 12.5. The number of anilines is 1. The highest BCUT2D eigenvalue weighted by molar-refractivity contribution is 6.29. The zero-order valence-electron chi connectivity index (χ0n) is 11.3. The highest BCUT2D eigenvalue weighted by atomic mass is 35.5. The van der Waals surface area contributed by atoms with Gasteiger partial charge in [0.15, 0.2) is 0 Å². The van der Waals surface area contributed by atoms with Crippen molar-refractivity contribution < 1.29 is 4.79 Å². The van der Waals surface area contributed by atoms with E-state index >= 15 is 0 Å². The van der Waals surface area contributed by atoms with Crippen LogP contribution in [0.5, 0.6) is 0 Å². The number of nitrogens with two attached hydrogens (primary N) is 1. The van der Waals surface area contributed by atoms with Crippen LogP contribution in [0.4, 0.5) is 5.69 Å². The summed E-state index contributed by atoms with van der Waals surface area (Å²) >= 11 is 5.83. The van der Waals surface area contributed by atoms with Gasteiger partial charge in [-0.15, -0.1) is 0 Å². The normalized spacial score (nSPS) is 19.8. The molecule has 0 aliphatic carbocycles. The fourth-order valence-corrected chi connectivity index (χ4v) is 2.51. The molecule has 1 saturated heterocycles. The van der Waals surface area contributed by atoms with Crippen LogP contribution in [-0.4, -0.2) is 53.9 Å². The number of amides is 1. The minimum Gasteiger partial charge on any atom is -0.397 e. The summed E-state index contributed by atoms with van der Waals surface area (Å²) in [5, 5.41) is 0.290. The molecule has 0 saturated carbocycles. The SMILES string of the molecule is CN(C)C1CCCN(C(=O)c2cc(Cl)ncc2N)C1. The van der Waals surface area contributed by atoms with E-state index in [1.807, 2.05) is 19.0 Å². The van der Waals surface area contributed by atoms with Crippen molar-refractivity contribution in [3.8, 4) is 0 Å². The molecular formula is C13H19ClN4O. The quantitative estimate of drug-likeness (QED) is 0.835. The van der Waals surface area contributed by atoms with Crippen molar-refractivity contribution in [3.05, 3.63) is 23.0 Å². The van der Waals surface area contributed by atoms with E-state index in [1.165, 1.54) is 6.20 Å². The molecule has 1 amide bonds. The molecule has 1 aromatic heterocycles. The van der Waals surface area contributed by atoms with Crippen molar-refractivity contribution in [3.63, 3.8) is 0 Å². The Labute approximate surface area is 118 Å². The van der Waals surface area contributed by atoms with Gasteiger partial charge in [-0.25, -0.2) is 4.98 Å². The number of hydrogen-bond donors (Lipinski definition) is 1. The summed E-state index contributed by atoms with van der Waals surface area (Å²) in [6.45, 7) is 1.49. The minimum absolute atomic E-state index is 0.0617. The summed E-state index contributed by atoms with van der Waals surface area (Å²) < 4.78 is 0. The second-order valence-corrected chi connectivity index (χ2v) is 5.49. The standard InChI is InChI=1S/C13H19ClN4O/c1-17(2)9-4-3-5-18(8-9)13(19)10-6-12(14)16-7-11(10)15/h6-7,9H,3-5,8,15H2,1-2H3. The summed E-state index contributed by atoms with van der Waals surface area (Å²) in [7, 11) is 4.08. The third kappa shape index (κ3) is 3.16. The van der Waals surface area contributed by atoms with Crippen LogP contribution in [0.25, 0.3) is 0 Å². The van der Waals surface area contributed by atoms with Crippen molar-refractivity contribution in [2.45, 2.75) is 18.9 Å². The number of likely N-dealkylation sites (tertiary alicyclic amines) is 1. The lowest BCUT2D eigenvalue weighted by molar-refractivity contribution is 0.0636. The molecule has 2 N–H and O–H groups in total. The van der Waals surface area contributed by atoms with Crippen LogP contribution in [0.3, 0.4) is 0 Å². The molecule has 2 heterocycles. The van der Waals surface area contributed by atoms with Gasteiger partial charge in [-0.1, -0.05) is 11.6 Å². The molecule has 0 radical (unpaired) electrons. The first-order valence-electron chi connectivity index (χ1n) is 6.35. The predicted octanol–water partition coefficient (Wildman–Crippen LogP) is 1.48. The summed E-state index contributed by atoms with van der Waals surface area (Å²) in [5.41, 5.74) is 6.63. The Kier molecular flexibility index (Phi) is 4.27. The highest BCUT2D eigenvalue weighted by Gasteiger charge is 2.26. The number of likely N-dealkylation sites (N-methyl/N-ethyl adjacent to an activating group) is 1. The van der Waals surface area contributed by atoms with Gasteiger partial charge < -0.3 is 15.5 Å². The van der Waals surface area contributed by atoms with Gasteiger partial charge in [0, 0.05) is 19.1 Å². The highest BCUT2D eigenvalue weighted by Crippen LogP contribution is 2.21. The van der Waals surface area contributed by atoms with Gasteiger partial charge in [-0.3, -0.25) is 4.79 Å². The van der Waals surface area contributed by atoms with Crippen LogP contribution < -0.4 is 5.73 Å². The zero-order valence-corrected chi connectivity index (χ0v) is 12.0. The van der Waals surface area contributed by atoms with Crippen LogP contribution in [0.2, 0.25) is 5.15 Å². The minimum atomic E-state index is -0.0617. The van der Waals surface area contributed by atoms with Gasteiger partial charge in [0.05, 0.1) is 17.4 Å². The molecule has 1 unspecified atom stereocenters. The number of rotatable bonds is 2. The van der Waals surface area contributed by atoms with Crippen LogP contribution in [0.15, 0.2) is 12.3 Å². The lowest BCUT2D eigenvalue weighted by atomic mass is 10.0. The first kappa shape index (κ1) is 14.1. The third-order valence-corrected chi connectivity index (χ3v) is 3.75. The second kappa shape index (κ2) is 5.75. The van der Waals surface area contributed by atoms with Crippen molar-refractivity contribution in [2.24, 2.45) is 0 Å². The lowest BCUT2D eigenvalue weighted by Gasteiger charge is -2.36. The molecule has 19 heavy (non-hydrogen) atoms. The maximum Gasteiger partial charge on any atom is 0.256 e. The Hall–Kier alpha value is -1.33. The van der Waals surface area contributed by atoms with Crippen molar-refractivity contribution in [1.29, 1.82) is 0 Å². The van der Waals surface area contributed by atoms with Crippen molar-refractivity contribution >= 4 is 23.2 Å². The number of hydrogen-bond acceptors (Lipinski definition) is 4. The van der Waals surface area contributed by atoms with E-state index < -0.39 is 0 Å². The fraction of sp³-hybridized carbons (Fsp3) is 0.538. The predicted molar refractivity (Wildman–Crippen MR) is 76.3 cm³/mol. The van der Waals surface area contributed by atoms with Crippen molar-refractivity contribution in [2.75, 3.05) is 32.9 Å². The fourth-order valence-electron chi connectivity index (χ4n) is 2.36. The van der Waals surface area contributed by atoms with E-state index in [-0.39, 0.29) is 5.91 Å². The summed E-state index contributed by atoms with van der Waals surface area (Å²) in [6, 6.07) is 1.94. The molecule has 0 bridgehead atoms. The van der Waals surface area contributed by atoms with Crippen molar-refractivity contribution in [1.82, 2.24) is 14.8 Å². The largest absolute Gasteiger partial charge is 0.397 e. The second-order valence-electron chi connectivity index (χ2n) is 5.11. The van der Waals surface area contributed by atoms with E-state index in [1.54, 1.807) is 6.07 Å². The molecule has 6 heteroatoms. The number of pyridine rings is 1. The molecule has 1 aliphatic rings. The average Bonchev–Trinajstić information content (AvgIpc) is 2.41. The first-order valence-corrected chi connectivity index (χ1v) is 6.73. The smallest absolute Gasteiger partial charge is 0.256 e. The average molecular weight is 283 g/mol. The number of nitrogen functional groups attached to an aromatic ring is 1. The Morgan fingerprint density at radius 2 is 2.32 bits per heavy atom. The Morgan fingerprint density at radius 3 is 3.00 bits per heavy atom. The van der Waals surface area contributed by atoms with E-state index in [4.69, 9.17) is 17.3 Å². The molecule has 0 spiro atoms. The van der Waals surface area contributed by atoms with Gasteiger partial charge in [0.2, 0.25) is 0 Å². The number of carbonyl (C=O) groups is 1. The Bertz CT molecular complexity index is 478. The van der Waals surface area contributed by atoms with Gasteiger partial charge in [-0.05, 0) is 33.0 Å². The van der Waals surface area contributed by atoms with E-state index in [2.05, 4.69) is 9.88 Å². The number of halogens is 1. The number of aromatic nitrogens is 1. The van der Waals surface area contributed by atoms with E-state index in [0.717, 1.165) is 25.9 Å². The summed E-state index contributed by atoms with van der Waals surface area (Å²) in [6.07, 6.45) is 3.56. The van der Waals surface area contributed by atoms with Crippen LogP contribution in [-0.2, 0) is 0 Å². The number of piperidine rings is 1. The first-order chi connectivity index (χ1) is 8.99. The Morgan fingerprint density at radius 1 is 1.58 bits per heavy atom. The Balaban J connectivity index is 2.17. The topological polar surface area (TPSA) is 62.5 Å². The van der Waals surface area contributed by atoms with E-state index in [9.17, 15) is 4.79 Å². The van der Waals surface area contributed by atoms with Crippen LogP contribution >= 0.6 is 11.6 Å². The summed E-state index contributed by atoms with van der Waals surface area (Å²) in [4.78, 5) is 20.4. The van der Waals surface area contributed by atoms with Gasteiger partial charge >= 0.3 is 0 Å². The molecule has 1 aromatic rings. The molecule has 1 atom stereocenters. The molecule has 5 nitrogen and oxygen atoms in total. The van der Waals surface area contributed by atoms with Gasteiger partial charge in [-0.2, -0.15) is 0 Å². The van der Waals surface area contributed by atoms with Gasteiger partial charge in [0.25, 0.3) is 5.91 Å². The van der Waals surface area contributed by atoms with E-state index in [0.29, 0.717) is 22.4 Å². The maximum atomic E-state index is 12.5. The monoisotopic (exact) mass is 282 g/mol. The molecule has 2 rings (SSSR count). The van der Waals surface area contributed by atoms with Crippen LogP contribution in [0, 0.1) is 0 Å².